The van der Waals surface area contributed by atoms with Gasteiger partial charge in [0.2, 0.25) is 0 Å². The first-order valence-corrected chi connectivity index (χ1v) is 8.37. The van der Waals surface area contributed by atoms with Crippen LogP contribution in [-0.2, 0) is 13.1 Å². The molecule has 0 saturated heterocycles. The second-order valence-corrected chi connectivity index (χ2v) is 6.45. The minimum atomic E-state index is 0.922. The maximum atomic E-state index is 3.41. The number of rotatable bonds is 5. The van der Waals surface area contributed by atoms with E-state index in [1.807, 2.05) is 0 Å². The molecule has 0 fully saturated rings. The van der Waals surface area contributed by atoms with Gasteiger partial charge in [0.15, 0.2) is 0 Å². The Bertz CT molecular complexity index is 729. The van der Waals surface area contributed by atoms with Crippen LogP contribution in [0.2, 0.25) is 0 Å². The first-order valence-electron chi connectivity index (χ1n) is 7.30. The molecule has 1 aromatic heterocycles. The van der Waals surface area contributed by atoms with Gasteiger partial charge in [-0.15, -0.1) is 0 Å². The molecule has 3 aromatic rings. The minimum Gasteiger partial charge on any atom is -0.343 e. The molecule has 0 atom stereocenters. The highest BCUT2D eigenvalue weighted by molar-refractivity contribution is 14.1. The summed E-state index contributed by atoms with van der Waals surface area (Å²) in [7, 11) is 0. The average Bonchev–Trinajstić information content (AvgIpc) is 2.91. The number of halogens is 1. The van der Waals surface area contributed by atoms with Crippen LogP contribution in [0, 0.1) is 3.57 Å². The van der Waals surface area contributed by atoms with Gasteiger partial charge in [-0.2, -0.15) is 0 Å². The molecule has 108 valence electrons. The van der Waals surface area contributed by atoms with E-state index in [1.54, 1.807) is 0 Å². The summed E-state index contributed by atoms with van der Waals surface area (Å²) in [6, 6.07) is 17.5. The highest BCUT2D eigenvalue weighted by Crippen LogP contribution is 2.21. The van der Waals surface area contributed by atoms with Crippen LogP contribution in [-0.4, -0.2) is 11.1 Å². The lowest BCUT2D eigenvalue weighted by atomic mass is 10.1. The van der Waals surface area contributed by atoms with Gasteiger partial charge in [-0.25, -0.2) is 0 Å². The molecule has 3 heteroatoms. The smallest absolute Gasteiger partial charge is 0.0486 e. The topological polar surface area (TPSA) is 17.0 Å². The molecular weight excluding hydrogens is 371 g/mol. The lowest BCUT2D eigenvalue weighted by Crippen LogP contribution is -2.11. The molecular formula is C18H19IN2. The predicted octanol–water partition coefficient (Wildman–Crippen LogP) is 4.40. The van der Waals surface area contributed by atoms with Crippen LogP contribution in [0.3, 0.4) is 0 Å². The highest BCUT2D eigenvalue weighted by atomic mass is 127. The molecule has 0 unspecified atom stereocenters. The molecule has 0 aliphatic rings. The van der Waals surface area contributed by atoms with Crippen molar-refractivity contribution in [1.82, 2.24) is 9.88 Å². The third kappa shape index (κ3) is 3.30. The lowest BCUT2D eigenvalue weighted by Gasteiger charge is -2.08. The molecule has 1 N–H and O–H groups in total. The van der Waals surface area contributed by atoms with Gasteiger partial charge in [0.25, 0.3) is 0 Å². The molecule has 2 aromatic carbocycles. The first kappa shape index (κ1) is 14.6. The Kier molecular flexibility index (Phi) is 4.60. The quantitative estimate of drug-likeness (QED) is 0.639. The molecule has 2 nitrogen and oxygen atoms in total. The molecule has 3 rings (SSSR count). The third-order valence-corrected chi connectivity index (χ3v) is 4.45. The Labute approximate surface area is 139 Å². The summed E-state index contributed by atoms with van der Waals surface area (Å²) in [5.41, 5.74) is 4.02. The van der Waals surface area contributed by atoms with Crippen LogP contribution in [0.5, 0.6) is 0 Å². The van der Waals surface area contributed by atoms with Crippen molar-refractivity contribution < 1.29 is 0 Å². The SMILES string of the molecule is CCNCc1cccc2c1ccn2Cc1ccc(I)cc1. The van der Waals surface area contributed by atoms with Crippen LogP contribution in [0.25, 0.3) is 10.9 Å². The number of aromatic nitrogens is 1. The maximum absolute atomic E-state index is 3.41. The number of nitrogens with zero attached hydrogens (tertiary/aromatic N) is 1. The van der Waals surface area contributed by atoms with Gasteiger partial charge in [0.05, 0.1) is 0 Å². The van der Waals surface area contributed by atoms with Crippen molar-refractivity contribution in [2.75, 3.05) is 6.54 Å². The normalized spacial score (nSPS) is 11.1. The zero-order chi connectivity index (χ0) is 14.7. The van der Waals surface area contributed by atoms with Crippen LogP contribution in [0.1, 0.15) is 18.1 Å². The van der Waals surface area contributed by atoms with E-state index in [4.69, 9.17) is 0 Å². The summed E-state index contributed by atoms with van der Waals surface area (Å²) < 4.78 is 3.61. The zero-order valence-electron chi connectivity index (χ0n) is 12.1. The molecule has 0 amide bonds. The van der Waals surface area contributed by atoms with Gasteiger partial charge >= 0.3 is 0 Å². The summed E-state index contributed by atoms with van der Waals surface area (Å²) in [6.45, 7) is 4.99. The molecule has 0 saturated carbocycles. The summed E-state index contributed by atoms with van der Waals surface area (Å²) in [5, 5.41) is 4.76. The average molecular weight is 390 g/mol. The van der Waals surface area contributed by atoms with Crippen molar-refractivity contribution in [2.24, 2.45) is 0 Å². The summed E-state index contributed by atoms with van der Waals surface area (Å²) in [5.74, 6) is 0. The predicted molar refractivity (Wildman–Crippen MR) is 97.6 cm³/mol. The van der Waals surface area contributed by atoms with E-state index in [0.29, 0.717) is 0 Å². The van der Waals surface area contributed by atoms with Crippen molar-refractivity contribution in [3.63, 3.8) is 0 Å². The van der Waals surface area contributed by atoms with E-state index in [2.05, 4.69) is 94.1 Å². The van der Waals surface area contributed by atoms with Gasteiger partial charge in [-0.05, 0) is 64.5 Å². The Morgan fingerprint density at radius 1 is 1.05 bits per heavy atom. The molecule has 0 aliphatic heterocycles. The van der Waals surface area contributed by atoms with Crippen molar-refractivity contribution in [1.29, 1.82) is 0 Å². The van der Waals surface area contributed by atoms with E-state index in [-0.39, 0.29) is 0 Å². The first-order chi connectivity index (χ1) is 10.3. The van der Waals surface area contributed by atoms with Crippen molar-refractivity contribution >= 4 is 33.5 Å². The minimum absolute atomic E-state index is 0.922. The summed E-state index contributed by atoms with van der Waals surface area (Å²) in [4.78, 5) is 0. The molecule has 0 radical (unpaired) electrons. The number of hydrogen-bond donors (Lipinski definition) is 1. The van der Waals surface area contributed by atoms with E-state index >= 15 is 0 Å². The van der Waals surface area contributed by atoms with Gasteiger partial charge < -0.3 is 9.88 Å². The molecule has 0 bridgehead atoms. The Morgan fingerprint density at radius 3 is 2.62 bits per heavy atom. The Balaban J connectivity index is 1.91. The number of benzene rings is 2. The van der Waals surface area contributed by atoms with E-state index in [1.165, 1.54) is 25.6 Å². The standard InChI is InChI=1S/C18H19IN2/c1-2-20-12-15-4-3-5-18-17(15)10-11-21(18)13-14-6-8-16(19)9-7-14/h3-11,20H,2,12-13H2,1H3. The van der Waals surface area contributed by atoms with Crippen LogP contribution < -0.4 is 5.32 Å². The van der Waals surface area contributed by atoms with Crippen molar-refractivity contribution in [3.8, 4) is 0 Å². The fourth-order valence-corrected chi connectivity index (χ4v) is 2.98. The largest absolute Gasteiger partial charge is 0.343 e. The van der Waals surface area contributed by atoms with Crippen molar-refractivity contribution in [3.05, 3.63) is 69.4 Å². The monoisotopic (exact) mass is 390 g/mol. The lowest BCUT2D eigenvalue weighted by molar-refractivity contribution is 0.730. The zero-order valence-corrected chi connectivity index (χ0v) is 14.3. The third-order valence-electron chi connectivity index (χ3n) is 3.74. The fraction of sp³-hybridized carbons (Fsp3) is 0.222. The number of nitrogens with one attached hydrogen (secondary N) is 1. The summed E-state index contributed by atoms with van der Waals surface area (Å²) in [6.07, 6.45) is 2.19. The van der Waals surface area contributed by atoms with Crippen LogP contribution in [0.4, 0.5) is 0 Å². The second kappa shape index (κ2) is 6.62. The van der Waals surface area contributed by atoms with Gasteiger partial charge in [0, 0.05) is 33.8 Å². The number of fused-ring (bicyclic) bond motifs is 1. The Hall–Kier alpha value is -1.33. The number of hydrogen-bond acceptors (Lipinski definition) is 1. The van der Waals surface area contributed by atoms with E-state index in [0.717, 1.165) is 19.6 Å². The van der Waals surface area contributed by atoms with E-state index < -0.39 is 0 Å². The second-order valence-electron chi connectivity index (χ2n) is 5.20. The van der Waals surface area contributed by atoms with E-state index in [9.17, 15) is 0 Å². The van der Waals surface area contributed by atoms with Crippen LogP contribution in [0.15, 0.2) is 54.7 Å². The maximum Gasteiger partial charge on any atom is 0.0486 e. The molecule has 0 spiro atoms. The van der Waals surface area contributed by atoms with Gasteiger partial charge in [-0.1, -0.05) is 31.2 Å². The fourth-order valence-electron chi connectivity index (χ4n) is 2.63. The van der Waals surface area contributed by atoms with Crippen LogP contribution >= 0.6 is 22.6 Å². The Morgan fingerprint density at radius 2 is 1.86 bits per heavy atom. The molecule has 0 aliphatic carbocycles. The summed E-state index contributed by atoms with van der Waals surface area (Å²) >= 11 is 2.34. The highest BCUT2D eigenvalue weighted by Gasteiger charge is 2.05. The van der Waals surface area contributed by atoms with Crippen molar-refractivity contribution in [2.45, 2.75) is 20.0 Å². The molecule has 1 heterocycles. The van der Waals surface area contributed by atoms with Gasteiger partial charge in [0.1, 0.15) is 0 Å². The molecule has 21 heavy (non-hydrogen) atoms. The van der Waals surface area contributed by atoms with Gasteiger partial charge in [-0.3, -0.25) is 0 Å².